The number of nitrogens with zero attached hydrogens (tertiary/aromatic N) is 1. The molecule has 102 valence electrons. The summed E-state index contributed by atoms with van der Waals surface area (Å²) in [6.07, 6.45) is 2.06. The lowest BCUT2D eigenvalue weighted by molar-refractivity contribution is -0.151. The molecule has 0 unspecified atom stereocenters. The van der Waals surface area contributed by atoms with Crippen LogP contribution >= 0.6 is 34.6 Å². The lowest BCUT2D eigenvalue weighted by Crippen LogP contribution is -2.15. The monoisotopic (exact) mass is 399 g/mol. The first kappa shape index (κ1) is 15.8. The minimum Gasteiger partial charge on any atom is -0.460 e. The number of ketones is 1. The predicted octanol–water partition coefficient (Wildman–Crippen LogP) is 2.71. The maximum absolute atomic E-state index is 12.9. The normalized spacial score (nSPS) is 11.1. The number of carbonyl (C=O) groups is 2. The summed E-state index contributed by atoms with van der Waals surface area (Å²) in [5.41, 5.74) is 0.262. The molecule has 0 bridgehead atoms. The molecule has 1 aromatic heterocycles. The van der Waals surface area contributed by atoms with Gasteiger partial charge in [0.25, 0.3) is 5.78 Å². The fourth-order valence-corrected chi connectivity index (χ4v) is 1.63. The Labute approximate surface area is 127 Å². The number of halogens is 3. The van der Waals surface area contributed by atoms with Crippen molar-refractivity contribution in [3.05, 3.63) is 34.9 Å². The number of hydrogen-bond donors (Lipinski definition) is 0. The Bertz CT molecular complexity index is 535. The zero-order valence-electron chi connectivity index (χ0n) is 9.65. The van der Waals surface area contributed by atoms with E-state index in [1.807, 2.05) is 0 Å². The van der Waals surface area contributed by atoms with E-state index in [0.29, 0.717) is 0 Å². The van der Waals surface area contributed by atoms with Crippen molar-refractivity contribution in [2.45, 2.75) is 6.92 Å². The third-order valence-electron chi connectivity index (χ3n) is 1.90. The summed E-state index contributed by atoms with van der Waals surface area (Å²) < 4.78 is 22.4. The van der Waals surface area contributed by atoms with E-state index in [0.717, 1.165) is 12.3 Å². The van der Waals surface area contributed by atoms with Gasteiger partial charge in [-0.1, -0.05) is 11.6 Å². The molecule has 0 aliphatic heterocycles. The Morgan fingerprint density at radius 3 is 2.79 bits per heavy atom. The van der Waals surface area contributed by atoms with Crippen LogP contribution in [0.15, 0.2) is 18.3 Å². The highest BCUT2D eigenvalue weighted by molar-refractivity contribution is 14.1. The highest BCUT2D eigenvalue weighted by Gasteiger charge is 2.16. The van der Waals surface area contributed by atoms with Gasteiger partial charge in [-0.3, -0.25) is 4.79 Å². The van der Waals surface area contributed by atoms with Gasteiger partial charge in [-0.05, 0) is 13.0 Å². The number of esters is 1. The van der Waals surface area contributed by atoms with E-state index in [-0.39, 0.29) is 23.0 Å². The highest BCUT2D eigenvalue weighted by Crippen LogP contribution is 2.22. The average Bonchev–Trinajstić information content (AvgIpc) is 2.39. The van der Waals surface area contributed by atoms with Crippen LogP contribution in [0.5, 0.6) is 0 Å². The third kappa shape index (κ3) is 4.43. The molecule has 19 heavy (non-hydrogen) atoms. The summed E-state index contributed by atoms with van der Waals surface area (Å²) in [7, 11) is 0. The Morgan fingerprint density at radius 1 is 1.58 bits per heavy atom. The van der Waals surface area contributed by atoms with Crippen LogP contribution in [0.2, 0.25) is 5.02 Å². The average molecular weight is 400 g/mol. The quantitative estimate of drug-likeness (QED) is 0.190. The number of hydrogen-bond acceptors (Lipinski definition) is 5. The van der Waals surface area contributed by atoms with Crippen LogP contribution in [0.25, 0.3) is 5.76 Å². The van der Waals surface area contributed by atoms with E-state index in [1.165, 1.54) is 29.1 Å². The Balaban J connectivity index is 3.02. The third-order valence-corrected chi connectivity index (χ3v) is 2.64. The van der Waals surface area contributed by atoms with Gasteiger partial charge in [0, 0.05) is 17.8 Å². The second-order valence-electron chi connectivity index (χ2n) is 3.17. The van der Waals surface area contributed by atoms with Crippen LogP contribution in [0.3, 0.4) is 0 Å². The van der Waals surface area contributed by atoms with E-state index in [9.17, 15) is 14.0 Å². The van der Waals surface area contributed by atoms with Crippen LogP contribution in [0.4, 0.5) is 4.39 Å². The molecule has 0 aliphatic rings. The molecule has 0 aromatic carbocycles. The summed E-state index contributed by atoms with van der Waals surface area (Å²) in [4.78, 5) is 26.0. The van der Waals surface area contributed by atoms with Crippen molar-refractivity contribution in [1.82, 2.24) is 4.98 Å². The highest BCUT2D eigenvalue weighted by atomic mass is 127. The van der Waals surface area contributed by atoms with Crippen LogP contribution < -0.4 is 0 Å². The summed E-state index contributed by atoms with van der Waals surface area (Å²) in [6, 6.07) is 1.23. The topological polar surface area (TPSA) is 65.5 Å². The molecule has 0 atom stereocenters. The van der Waals surface area contributed by atoms with Gasteiger partial charge in [0.2, 0.25) is 5.95 Å². The van der Waals surface area contributed by atoms with Crippen molar-refractivity contribution < 1.29 is 21.8 Å². The molecule has 0 radical (unpaired) electrons. The van der Waals surface area contributed by atoms with Gasteiger partial charge in [0.15, 0.2) is 23.0 Å². The summed E-state index contributed by atoms with van der Waals surface area (Å²) >= 11 is 7.08. The zero-order chi connectivity index (χ0) is 14.4. The molecule has 0 fully saturated rings. The zero-order valence-corrected chi connectivity index (χ0v) is 12.6. The van der Waals surface area contributed by atoms with E-state index in [1.54, 1.807) is 6.92 Å². The standard InChI is InChI=1S/C11H8ClFINO4/c1-2-18-11(17)8(16)4-9(19-14)6-3-7(12)10(13)15-5-6/h3-5H,2H2,1H3/b9-4-. The first-order chi connectivity index (χ1) is 8.99. The fraction of sp³-hybridized carbons (Fsp3) is 0.182. The van der Waals surface area contributed by atoms with E-state index in [4.69, 9.17) is 14.7 Å². The van der Waals surface area contributed by atoms with Crippen molar-refractivity contribution in [2.24, 2.45) is 0 Å². The van der Waals surface area contributed by atoms with E-state index < -0.39 is 17.7 Å². The lowest BCUT2D eigenvalue weighted by Gasteiger charge is -2.04. The van der Waals surface area contributed by atoms with Gasteiger partial charge in [0.1, 0.15) is 5.76 Å². The van der Waals surface area contributed by atoms with Crippen LogP contribution in [0.1, 0.15) is 12.5 Å². The molecule has 8 heteroatoms. The molecule has 0 saturated heterocycles. The minimum atomic E-state index is -1.00. The van der Waals surface area contributed by atoms with Gasteiger partial charge < -0.3 is 7.80 Å². The molecule has 1 rings (SSSR count). The minimum absolute atomic E-state index is 0.0213. The van der Waals surface area contributed by atoms with Crippen molar-refractivity contribution in [3.63, 3.8) is 0 Å². The maximum atomic E-state index is 12.9. The van der Waals surface area contributed by atoms with Gasteiger partial charge in [-0.2, -0.15) is 4.39 Å². The summed E-state index contributed by atoms with van der Waals surface area (Å²) in [6.45, 7) is 1.66. The summed E-state index contributed by atoms with van der Waals surface area (Å²) in [5, 5.41) is -0.222. The van der Waals surface area contributed by atoms with Crippen LogP contribution in [-0.4, -0.2) is 23.3 Å². The van der Waals surface area contributed by atoms with Gasteiger partial charge in [-0.15, -0.1) is 0 Å². The predicted molar refractivity (Wildman–Crippen MR) is 73.9 cm³/mol. The lowest BCUT2D eigenvalue weighted by atomic mass is 10.2. The Morgan fingerprint density at radius 2 is 2.26 bits per heavy atom. The number of ether oxygens (including phenoxy) is 1. The molecule has 1 aromatic rings. The molecular formula is C11H8ClFINO4. The Hall–Kier alpha value is -1.22. The van der Waals surface area contributed by atoms with Crippen LogP contribution in [0, 0.1) is 5.95 Å². The SMILES string of the molecule is CCOC(=O)C(=O)/C=C(\OI)c1cnc(F)c(Cl)c1. The van der Waals surface area contributed by atoms with Gasteiger partial charge >= 0.3 is 5.97 Å². The molecule has 0 aliphatic carbocycles. The van der Waals surface area contributed by atoms with Crippen LogP contribution in [-0.2, 0) is 17.4 Å². The van der Waals surface area contributed by atoms with E-state index >= 15 is 0 Å². The smallest absolute Gasteiger partial charge is 0.379 e. The first-order valence-corrected chi connectivity index (χ1v) is 6.28. The molecule has 0 N–H and O–H groups in total. The first-order valence-electron chi connectivity index (χ1n) is 5.02. The number of aromatic nitrogens is 1. The number of rotatable bonds is 5. The van der Waals surface area contributed by atoms with Gasteiger partial charge in [0.05, 0.1) is 11.6 Å². The largest absolute Gasteiger partial charge is 0.460 e. The molecule has 0 amide bonds. The molecule has 5 nitrogen and oxygen atoms in total. The molecule has 1 heterocycles. The second kappa shape index (κ2) is 7.39. The summed E-state index contributed by atoms with van der Waals surface area (Å²) in [5.74, 6) is -2.72. The Kier molecular flexibility index (Phi) is 6.16. The molecule has 0 spiro atoms. The van der Waals surface area contributed by atoms with Crippen molar-refractivity contribution in [3.8, 4) is 0 Å². The van der Waals surface area contributed by atoms with E-state index in [2.05, 4.69) is 9.72 Å². The van der Waals surface area contributed by atoms with Crippen molar-refractivity contribution in [2.75, 3.05) is 6.61 Å². The van der Waals surface area contributed by atoms with Crippen molar-refractivity contribution in [1.29, 1.82) is 0 Å². The second-order valence-corrected chi connectivity index (χ2v) is 4.01. The van der Waals surface area contributed by atoms with Crippen molar-refractivity contribution >= 4 is 52.1 Å². The van der Waals surface area contributed by atoms with Gasteiger partial charge in [-0.25, -0.2) is 9.78 Å². The molecule has 0 saturated carbocycles. The number of carbonyl (C=O) groups excluding carboxylic acids is 2. The fourth-order valence-electron chi connectivity index (χ4n) is 1.09. The number of pyridine rings is 1. The molecular weight excluding hydrogens is 391 g/mol. The maximum Gasteiger partial charge on any atom is 0.379 e.